The summed E-state index contributed by atoms with van der Waals surface area (Å²) in [4.78, 5) is 8.86. The van der Waals surface area contributed by atoms with Gasteiger partial charge >= 0.3 is 0 Å². The molecule has 112 valence electrons. The van der Waals surface area contributed by atoms with Crippen LogP contribution in [-0.4, -0.2) is 23.1 Å². The molecule has 1 aromatic heterocycles. The zero-order chi connectivity index (χ0) is 14.6. The molecule has 1 aliphatic rings. The first-order chi connectivity index (χ1) is 9.62. The average molecular weight is 276 g/mol. The second-order valence-corrected chi connectivity index (χ2v) is 6.27. The highest BCUT2D eigenvalue weighted by Crippen LogP contribution is 2.49. The van der Waals surface area contributed by atoms with Gasteiger partial charge in [-0.3, -0.25) is 0 Å². The predicted octanol–water partition coefficient (Wildman–Crippen LogP) is 4.02. The summed E-state index contributed by atoms with van der Waals surface area (Å²) in [6.45, 7) is 10.7. The van der Waals surface area contributed by atoms with E-state index < -0.39 is 0 Å². The summed E-state index contributed by atoms with van der Waals surface area (Å²) in [6.07, 6.45) is 6.96. The number of nitrogens with one attached hydrogen (secondary N) is 2. The molecule has 0 spiro atoms. The first-order valence-electron chi connectivity index (χ1n) is 7.94. The van der Waals surface area contributed by atoms with E-state index in [2.05, 4.69) is 48.3 Å². The van der Waals surface area contributed by atoms with Crippen molar-refractivity contribution in [2.24, 2.45) is 5.41 Å². The summed E-state index contributed by atoms with van der Waals surface area (Å²) in [6, 6.07) is 0. The van der Waals surface area contributed by atoms with Crippen molar-refractivity contribution in [2.45, 2.75) is 59.3 Å². The third-order valence-corrected chi connectivity index (χ3v) is 4.17. The Kier molecular flexibility index (Phi) is 4.84. The van der Waals surface area contributed by atoms with Crippen molar-refractivity contribution in [3.63, 3.8) is 0 Å². The Morgan fingerprint density at radius 2 is 1.80 bits per heavy atom. The highest BCUT2D eigenvalue weighted by Gasteiger charge is 2.41. The number of anilines is 2. The fourth-order valence-corrected chi connectivity index (χ4v) is 2.89. The van der Waals surface area contributed by atoms with Crippen LogP contribution in [0.15, 0.2) is 6.33 Å². The van der Waals surface area contributed by atoms with Gasteiger partial charge in [-0.05, 0) is 37.5 Å². The van der Waals surface area contributed by atoms with Crippen LogP contribution in [-0.2, 0) is 0 Å². The topological polar surface area (TPSA) is 49.8 Å². The molecule has 0 aliphatic heterocycles. The monoisotopic (exact) mass is 276 g/mol. The van der Waals surface area contributed by atoms with E-state index in [0.29, 0.717) is 11.3 Å². The second kappa shape index (κ2) is 6.42. The Morgan fingerprint density at radius 1 is 1.15 bits per heavy atom. The van der Waals surface area contributed by atoms with Gasteiger partial charge in [0.2, 0.25) is 0 Å². The van der Waals surface area contributed by atoms with E-state index in [1.165, 1.54) is 31.2 Å². The first kappa shape index (κ1) is 15.1. The molecule has 0 saturated heterocycles. The SMILES string of the molecule is CCCC1(CNc2ncnc(NCC)c2C(C)C)CC1. The van der Waals surface area contributed by atoms with Crippen molar-refractivity contribution in [2.75, 3.05) is 23.7 Å². The smallest absolute Gasteiger partial charge is 0.135 e. The number of hydrogen-bond donors (Lipinski definition) is 2. The van der Waals surface area contributed by atoms with Crippen molar-refractivity contribution in [3.8, 4) is 0 Å². The molecule has 0 amide bonds. The number of nitrogens with zero attached hydrogens (tertiary/aromatic N) is 2. The summed E-state index contributed by atoms with van der Waals surface area (Å²) in [5.74, 6) is 2.39. The Morgan fingerprint density at radius 3 is 2.30 bits per heavy atom. The number of aromatic nitrogens is 2. The molecule has 0 unspecified atom stereocenters. The van der Waals surface area contributed by atoms with Crippen LogP contribution in [0.5, 0.6) is 0 Å². The van der Waals surface area contributed by atoms with Gasteiger partial charge in [0.25, 0.3) is 0 Å². The predicted molar refractivity (Wildman–Crippen MR) is 85.3 cm³/mol. The quantitative estimate of drug-likeness (QED) is 0.753. The lowest BCUT2D eigenvalue weighted by molar-refractivity contribution is 0.484. The molecule has 4 nitrogen and oxygen atoms in total. The van der Waals surface area contributed by atoms with Crippen LogP contribution >= 0.6 is 0 Å². The molecule has 1 saturated carbocycles. The minimum absolute atomic E-state index is 0.411. The molecule has 1 aromatic rings. The van der Waals surface area contributed by atoms with E-state index in [1.807, 2.05) is 0 Å². The molecule has 4 heteroatoms. The summed E-state index contributed by atoms with van der Waals surface area (Å²) in [7, 11) is 0. The fourth-order valence-electron chi connectivity index (χ4n) is 2.89. The van der Waals surface area contributed by atoms with E-state index >= 15 is 0 Å². The van der Waals surface area contributed by atoms with Crippen LogP contribution in [0.3, 0.4) is 0 Å². The van der Waals surface area contributed by atoms with Crippen LogP contribution < -0.4 is 10.6 Å². The zero-order valence-electron chi connectivity index (χ0n) is 13.3. The average Bonchev–Trinajstić information content (AvgIpc) is 3.17. The molecule has 1 fully saturated rings. The van der Waals surface area contributed by atoms with Crippen molar-refractivity contribution in [1.29, 1.82) is 0 Å². The molecule has 0 bridgehead atoms. The molecule has 2 N–H and O–H groups in total. The molecule has 0 atom stereocenters. The van der Waals surface area contributed by atoms with Crippen molar-refractivity contribution in [1.82, 2.24) is 9.97 Å². The van der Waals surface area contributed by atoms with Gasteiger partial charge in [0, 0.05) is 18.7 Å². The van der Waals surface area contributed by atoms with Gasteiger partial charge in [-0.1, -0.05) is 27.2 Å². The van der Waals surface area contributed by atoms with E-state index in [9.17, 15) is 0 Å². The van der Waals surface area contributed by atoms with Gasteiger partial charge in [0.1, 0.15) is 18.0 Å². The Labute approximate surface area is 122 Å². The second-order valence-electron chi connectivity index (χ2n) is 6.27. The summed E-state index contributed by atoms with van der Waals surface area (Å²) in [5, 5.41) is 6.93. The normalized spacial score (nSPS) is 16.2. The molecule has 1 aliphatic carbocycles. The minimum atomic E-state index is 0.411. The lowest BCUT2D eigenvalue weighted by atomic mass is 10.00. The lowest BCUT2D eigenvalue weighted by Gasteiger charge is -2.20. The van der Waals surface area contributed by atoms with Gasteiger partial charge in [-0.25, -0.2) is 9.97 Å². The third kappa shape index (κ3) is 3.41. The van der Waals surface area contributed by atoms with Gasteiger partial charge in [-0.15, -0.1) is 0 Å². The molecule has 0 radical (unpaired) electrons. The van der Waals surface area contributed by atoms with E-state index in [1.54, 1.807) is 6.33 Å². The fraction of sp³-hybridized carbons (Fsp3) is 0.750. The first-order valence-corrected chi connectivity index (χ1v) is 7.94. The molecule has 2 rings (SSSR count). The van der Waals surface area contributed by atoms with E-state index in [4.69, 9.17) is 0 Å². The lowest BCUT2D eigenvalue weighted by Crippen LogP contribution is -2.18. The third-order valence-electron chi connectivity index (χ3n) is 4.17. The molecule has 20 heavy (non-hydrogen) atoms. The van der Waals surface area contributed by atoms with Gasteiger partial charge < -0.3 is 10.6 Å². The summed E-state index contributed by atoms with van der Waals surface area (Å²) >= 11 is 0. The van der Waals surface area contributed by atoms with Crippen molar-refractivity contribution in [3.05, 3.63) is 11.9 Å². The molecule has 0 aromatic carbocycles. The Hall–Kier alpha value is -1.32. The van der Waals surface area contributed by atoms with Gasteiger partial charge in [0.15, 0.2) is 0 Å². The number of hydrogen-bond acceptors (Lipinski definition) is 4. The minimum Gasteiger partial charge on any atom is -0.370 e. The van der Waals surface area contributed by atoms with Gasteiger partial charge in [-0.2, -0.15) is 0 Å². The zero-order valence-corrected chi connectivity index (χ0v) is 13.3. The standard InChI is InChI=1S/C16H28N4/c1-5-7-16(8-9-16)10-18-15-13(12(3)4)14(17-6-2)19-11-20-15/h11-12H,5-10H2,1-4H3,(H2,17,18,19,20). The maximum Gasteiger partial charge on any atom is 0.135 e. The van der Waals surface area contributed by atoms with Gasteiger partial charge in [0.05, 0.1) is 0 Å². The summed E-state index contributed by atoms with van der Waals surface area (Å²) < 4.78 is 0. The van der Waals surface area contributed by atoms with Crippen LogP contribution in [0.25, 0.3) is 0 Å². The van der Waals surface area contributed by atoms with Crippen LogP contribution in [0.1, 0.15) is 64.9 Å². The highest BCUT2D eigenvalue weighted by molar-refractivity contribution is 5.59. The highest BCUT2D eigenvalue weighted by atomic mass is 15.1. The van der Waals surface area contributed by atoms with E-state index in [-0.39, 0.29) is 0 Å². The summed E-state index contributed by atoms with van der Waals surface area (Å²) in [5.41, 5.74) is 1.74. The number of rotatable bonds is 8. The maximum absolute atomic E-state index is 4.47. The molecule has 1 heterocycles. The van der Waals surface area contributed by atoms with Crippen LogP contribution in [0.2, 0.25) is 0 Å². The Bertz CT molecular complexity index is 438. The molecular formula is C16H28N4. The molecular weight excluding hydrogens is 248 g/mol. The van der Waals surface area contributed by atoms with Crippen LogP contribution in [0, 0.1) is 5.41 Å². The van der Waals surface area contributed by atoms with Crippen molar-refractivity contribution >= 4 is 11.6 Å². The Balaban J connectivity index is 2.12. The maximum atomic E-state index is 4.47. The van der Waals surface area contributed by atoms with Crippen molar-refractivity contribution < 1.29 is 0 Å². The largest absolute Gasteiger partial charge is 0.370 e. The van der Waals surface area contributed by atoms with Crippen LogP contribution in [0.4, 0.5) is 11.6 Å². The van der Waals surface area contributed by atoms with E-state index in [0.717, 1.165) is 24.7 Å².